The Kier molecular flexibility index (Phi) is 8.23. The first-order valence-electron chi connectivity index (χ1n) is 22.0. The topological polar surface area (TPSA) is 23.0 Å². The maximum absolute atomic E-state index is 6.64. The molecular weight excluding hydrogens is 793 g/mol. The summed E-state index contributed by atoms with van der Waals surface area (Å²) in [7, 11) is -2.71. The fourth-order valence-electron chi connectivity index (χ4n) is 10.8. The lowest BCUT2D eigenvalue weighted by Crippen LogP contribution is -2.74. The van der Waals surface area contributed by atoms with Crippen molar-refractivity contribution in [1.29, 1.82) is 0 Å². The Morgan fingerprint density at radius 1 is 0.312 bits per heavy atom. The van der Waals surface area contributed by atoms with Crippen molar-refractivity contribution in [2.45, 2.75) is 0 Å². The molecule has 0 fully saturated rings. The van der Waals surface area contributed by atoms with Crippen LogP contribution in [0, 0.1) is 0 Å². The summed E-state index contributed by atoms with van der Waals surface area (Å²) in [6.07, 6.45) is 0. The molecule has 4 heteroatoms. The minimum atomic E-state index is -2.71. The average molecular weight is 833 g/mol. The first-order chi connectivity index (χ1) is 31.8. The SMILES string of the molecule is c1ccc([Si](c2ccccc2)(c2ccccc2)c2ccc(-n3c4ccccc4c4cccc(-n5c6ccccc6c6c(-c7cccc8c7oc7ccccc78)cccc65)c43)cc2)cc1. The van der Waals surface area contributed by atoms with E-state index in [0.29, 0.717) is 0 Å². The van der Waals surface area contributed by atoms with E-state index in [2.05, 4.69) is 246 Å². The summed E-state index contributed by atoms with van der Waals surface area (Å²) < 4.78 is 11.6. The average Bonchev–Trinajstić information content (AvgIpc) is 4.04. The van der Waals surface area contributed by atoms with Crippen molar-refractivity contribution in [3.05, 3.63) is 243 Å². The Morgan fingerprint density at radius 2 is 0.797 bits per heavy atom. The Morgan fingerprint density at radius 3 is 1.48 bits per heavy atom. The second kappa shape index (κ2) is 14.5. The van der Waals surface area contributed by atoms with Gasteiger partial charge in [-0.05, 0) is 68.8 Å². The molecule has 3 heterocycles. The van der Waals surface area contributed by atoms with Crippen LogP contribution >= 0.6 is 0 Å². The molecule has 10 aromatic carbocycles. The molecule has 0 aliphatic carbocycles. The highest BCUT2D eigenvalue weighted by molar-refractivity contribution is 7.19. The summed E-state index contributed by atoms with van der Waals surface area (Å²) in [5, 5.41) is 12.5. The molecule has 0 saturated heterocycles. The van der Waals surface area contributed by atoms with Crippen molar-refractivity contribution in [3.63, 3.8) is 0 Å². The molecule has 0 spiro atoms. The molecule has 0 radical (unpaired) electrons. The number of nitrogens with zero attached hydrogens (tertiary/aromatic N) is 2. The third-order valence-corrected chi connectivity index (χ3v) is 18.3. The van der Waals surface area contributed by atoms with Gasteiger partial charge in [-0.15, -0.1) is 0 Å². The number of aromatic nitrogens is 2. The highest BCUT2D eigenvalue weighted by Gasteiger charge is 2.41. The van der Waals surface area contributed by atoms with Crippen molar-refractivity contribution >= 4 is 94.4 Å². The van der Waals surface area contributed by atoms with Crippen molar-refractivity contribution in [2.75, 3.05) is 0 Å². The van der Waals surface area contributed by atoms with Crippen LogP contribution in [0.25, 0.3) is 88.1 Å². The van der Waals surface area contributed by atoms with Gasteiger partial charge in [0.05, 0.1) is 27.8 Å². The van der Waals surface area contributed by atoms with Crippen LogP contribution in [0.1, 0.15) is 0 Å². The van der Waals surface area contributed by atoms with Gasteiger partial charge < -0.3 is 13.6 Å². The predicted octanol–water partition coefficient (Wildman–Crippen LogP) is 12.8. The molecule has 0 saturated carbocycles. The third kappa shape index (κ3) is 5.27. The Hall–Kier alpha value is -8.18. The Bertz CT molecular complexity index is 3790. The molecule has 0 unspecified atom stereocenters. The second-order valence-corrected chi connectivity index (χ2v) is 20.6. The van der Waals surface area contributed by atoms with E-state index in [-0.39, 0.29) is 0 Å². The van der Waals surface area contributed by atoms with Gasteiger partial charge in [-0.2, -0.15) is 0 Å². The minimum Gasteiger partial charge on any atom is -0.455 e. The van der Waals surface area contributed by atoms with Gasteiger partial charge in [0, 0.05) is 43.6 Å². The predicted molar refractivity (Wildman–Crippen MR) is 271 cm³/mol. The van der Waals surface area contributed by atoms with Crippen molar-refractivity contribution in [3.8, 4) is 22.5 Å². The van der Waals surface area contributed by atoms with E-state index in [1.807, 2.05) is 6.07 Å². The lowest BCUT2D eigenvalue weighted by atomic mass is 9.97. The maximum Gasteiger partial charge on any atom is 0.179 e. The molecule has 13 aromatic rings. The standard InChI is InChI=1S/C60H40N2OSi/c1-4-19-42(20-5-1)64(43-21-6-2-7-22-43,44-23-8-3-9-24-44)45-39-37-41(38-40-45)61-53-32-13-10-25-46(53)49-29-18-35-56(59(49)61)62-54-33-14-11-27-52(54)58-48(28-17-34-55(58)62)51-31-16-30-50-47-26-12-15-36-57(47)63-60(50)51/h1-40H. The second-order valence-electron chi connectivity index (χ2n) is 16.8. The van der Waals surface area contributed by atoms with Gasteiger partial charge in [-0.3, -0.25) is 0 Å². The zero-order chi connectivity index (χ0) is 42.2. The Labute approximate surface area is 371 Å². The fraction of sp³-hybridized carbons (Fsp3) is 0. The summed E-state index contributed by atoms with van der Waals surface area (Å²) in [6, 6.07) is 89.1. The summed E-state index contributed by atoms with van der Waals surface area (Å²) in [6.45, 7) is 0. The summed E-state index contributed by atoms with van der Waals surface area (Å²) in [5.74, 6) is 0. The molecule has 0 atom stereocenters. The summed E-state index contributed by atoms with van der Waals surface area (Å²) in [5.41, 5.74) is 11.0. The highest BCUT2D eigenvalue weighted by atomic mass is 28.3. The molecule has 300 valence electrons. The van der Waals surface area contributed by atoms with Gasteiger partial charge in [-0.1, -0.05) is 200 Å². The van der Waals surface area contributed by atoms with Gasteiger partial charge >= 0.3 is 0 Å². The number of hydrogen-bond donors (Lipinski definition) is 0. The molecule has 64 heavy (non-hydrogen) atoms. The van der Waals surface area contributed by atoms with E-state index in [1.54, 1.807) is 0 Å². The van der Waals surface area contributed by atoms with Crippen LogP contribution in [0.3, 0.4) is 0 Å². The quantitative estimate of drug-likeness (QED) is 0.116. The van der Waals surface area contributed by atoms with Crippen molar-refractivity contribution in [1.82, 2.24) is 9.13 Å². The van der Waals surface area contributed by atoms with E-state index in [9.17, 15) is 0 Å². The van der Waals surface area contributed by atoms with E-state index in [0.717, 1.165) is 55.5 Å². The van der Waals surface area contributed by atoms with Crippen molar-refractivity contribution < 1.29 is 4.42 Å². The number of rotatable bonds is 7. The van der Waals surface area contributed by atoms with Gasteiger partial charge in [-0.25, -0.2) is 0 Å². The smallest absolute Gasteiger partial charge is 0.179 e. The van der Waals surface area contributed by atoms with Crippen LogP contribution < -0.4 is 20.7 Å². The van der Waals surface area contributed by atoms with Crippen LogP contribution in [-0.4, -0.2) is 17.2 Å². The third-order valence-electron chi connectivity index (χ3n) is 13.5. The lowest BCUT2D eigenvalue weighted by Gasteiger charge is -2.34. The van der Waals surface area contributed by atoms with E-state index in [4.69, 9.17) is 4.42 Å². The highest BCUT2D eigenvalue weighted by Crippen LogP contribution is 2.44. The molecule has 0 N–H and O–H groups in total. The molecular formula is C60H40N2OSi. The summed E-state index contributed by atoms with van der Waals surface area (Å²) >= 11 is 0. The Balaban J connectivity index is 1.06. The van der Waals surface area contributed by atoms with Crippen molar-refractivity contribution in [2.24, 2.45) is 0 Å². The molecule has 0 aliphatic rings. The monoisotopic (exact) mass is 832 g/mol. The van der Waals surface area contributed by atoms with Crippen LogP contribution in [-0.2, 0) is 0 Å². The molecule has 13 rings (SSSR count). The number of benzene rings is 10. The lowest BCUT2D eigenvalue weighted by molar-refractivity contribution is 0.670. The van der Waals surface area contributed by atoms with Gasteiger partial charge in [0.25, 0.3) is 0 Å². The summed E-state index contributed by atoms with van der Waals surface area (Å²) in [4.78, 5) is 0. The number of para-hydroxylation sites is 5. The fourth-order valence-corrected chi connectivity index (χ4v) is 15.6. The number of hydrogen-bond acceptors (Lipinski definition) is 1. The van der Waals surface area contributed by atoms with Gasteiger partial charge in [0.15, 0.2) is 8.07 Å². The maximum atomic E-state index is 6.64. The van der Waals surface area contributed by atoms with Gasteiger partial charge in [0.2, 0.25) is 0 Å². The molecule has 0 bridgehead atoms. The first-order valence-corrected chi connectivity index (χ1v) is 24.0. The molecule has 0 amide bonds. The molecule has 3 aromatic heterocycles. The zero-order valence-corrected chi connectivity index (χ0v) is 35.9. The minimum absolute atomic E-state index is 0.903. The molecule has 0 aliphatic heterocycles. The zero-order valence-electron chi connectivity index (χ0n) is 34.9. The normalized spacial score (nSPS) is 12.1. The first kappa shape index (κ1) is 36.5. The van der Waals surface area contributed by atoms with Crippen LogP contribution in [0.2, 0.25) is 0 Å². The largest absolute Gasteiger partial charge is 0.455 e. The number of fused-ring (bicyclic) bond motifs is 9. The van der Waals surface area contributed by atoms with Crippen LogP contribution in [0.4, 0.5) is 0 Å². The molecule has 3 nitrogen and oxygen atoms in total. The van der Waals surface area contributed by atoms with E-state index in [1.165, 1.54) is 53.3 Å². The van der Waals surface area contributed by atoms with E-state index < -0.39 is 8.07 Å². The van der Waals surface area contributed by atoms with E-state index >= 15 is 0 Å². The number of furan rings is 1. The van der Waals surface area contributed by atoms with Gasteiger partial charge in [0.1, 0.15) is 11.2 Å². The van der Waals surface area contributed by atoms with Crippen LogP contribution in [0.5, 0.6) is 0 Å². The van der Waals surface area contributed by atoms with Crippen LogP contribution in [0.15, 0.2) is 247 Å².